The molecule has 0 N–H and O–H groups in total. The van der Waals surface area contributed by atoms with Crippen LogP contribution >= 0.6 is 11.6 Å². The molecule has 2 nitrogen and oxygen atoms in total. The van der Waals surface area contributed by atoms with Gasteiger partial charge in [0, 0.05) is 11.4 Å². The predicted molar refractivity (Wildman–Crippen MR) is 76.8 cm³/mol. The quantitative estimate of drug-likeness (QED) is 0.510. The van der Waals surface area contributed by atoms with Crippen LogP contribution in [-0.4, -0.2) is 15.8 Å². The number of aromatic nitrogens is 2. The summed E-state index contributed by atoms with van der Waals surface area (Å²) in [5.41, 5.74) is 4.70. The maximum absolute atomic E-state index is 5.67. The molecule has 0 amide bonds. The van der Waals surface area contributed by atoms with Crippen LogP contribution in [0.3, 0.4) is 0 Å². The number of nitrogens with zero attached hydrogens (tertiary/aromatic N) is 2. The minimum atomic E-state index is 0.497. The maximum atomic E-state index is 5.67. The number of fused-ring (bicyclic) bond motifs is 2. The first-order chi connectivity index (χ1) is 8.88. The molecule has 3 rings (SSSR count). The average Bonchev–Trinajstić information content (AvgIpc) is 2.43. The van der Waals surface area contributed by atoms with Crippen LogP contribution in [0.5, 0.6) is 0 Å². The zero-order chi connectivity index (χ0) is 12.4. The summed E-state index contributed by atoms with van der Waals surface area (Å²) in [6, 6.07) is 13.9. The Balaban J connectivity index is 2.32. The van der Waals surface area contributed by atoms with E-state index in [1.54, 1.807) is 0 Å². The van der Waals surface area contributed by atoms with Crippen molar-refractivity contribution in [2.75, 3.05) is 5.88 Å². The van der Waals surface area contributed by atoms with Gasteiger partial charge in [-0.15, -0.1) is 11.6 Å². The van der Waals surface area contributed by atoms with E-state index in [0.717, 1.165) is 27.6 Å². The molecule has 0 aliphatic heterocycles. The average molecular weight is 255 g/mol. The van der Waals surface area contributed by atoms with Gasteiger partial charge in [0.25, 0.3) is 0 Å². The topological polar surface area (TPSA) is 25.8 Å². The van der Waals surface area contributed by atoms with Crippen LogP contribution in [0.1, 0.15) is 5.56 Å². The molecule has 1 heterocycles. The molecule has 88 valence electrons. The highest BCUT2D eigenvalue weighted by molar-refractivity contribution is 6.19. The van der Waals surface area contributed by atoms with E-state index in [4.69, 9.17) is 11.6 Å². The van der Waals surface area contributed by atoms with Crippen LogP contribution in [0.2, 0.25) is 0 Å². The van der Waals surface area contributed by atoms with Crippen LogP contribution in [-0.2, 0) is 0 Å². The van der Waals surface area contributed by atoms with Gasteiger partial charge in [0.05, 0.1) is 22.1 Å². The largest absolute Gasteiger partial charge is 0.244 e. The summed E-state index contributed by atoms with van der Waals surface area (Å²) in [6.07, 6.45) is 3.89. The minimum absolute atomic E-state index is 0.497. The summed E-state index contributed by atoms with van der Waals surface area (Å²) in [4.78, 5) is 9.29. The molecule has 18 heavy (non-hydrogen) atoms. The fourth-order valence-corrected chi connectivity index (χ4v) is 2.06. The molecule has 0 aliphatic carbocycles. The van der Waals surface area contributed by atoms with Gasteiger partial charge in [0.2, 0.25) is 0 Å². The SMILES string of the molecule is ClCC=Cc1cccc2nc3ccccc3nc12. The Kier molecular flexibility index (Phi) is 2.95. The van der Waals surface area contributed by atoms with Crippen LogP contribution < -0.4 is 0 Å². The third kappa shape index (κ3) is 1.95. The van der Waals surface area contributed by atoms with Crippen molar-refractivity contribution in [2.24, 2.45) is 0 Å². The molecule has 0 aliphatic rings. The second-order valence-electron chi connectivity index (χ2n) is 3.98. The Morgan fingerprint density at radius 1 is 0.889 bits per heavy atom. The smallest absolute Gasteiger partial charge is 0.0966 e. The summed E-state index contributed by atoms with van der Waals surface area (Å²) in [5.74, 6) is 0.497. The van der Waals surface area contributed by atoms with Crippen molar-refractivity contribution in [1.29, 1.82) is 0 Å². The molecule has 0 atom stereocenters. The van der Waals surface area contributed by atoms with Crippen LogP contribution in [0.15, 0.2) is 48.5 Å². The number of alkyl halides is 1. The normalized spacial score (nSPS) is 11.6. The number of hydrogen-bond acceptors (Lipinski definition) is 2. The number of benzene rings is 2. The number of para-hydroxylation sites is 3. The number of allylic oxidation sites excluding steroid dienone is 1. The lowest BCUT2D eigenvalue weighted by atomic mass is 10.1. The standard InChI is InChI=1S/C15H11ClN2/c16-10-4-6-11-5-3-9-14-15(11)18-13-8-2-1-7-12(13)17-14/h1-9H,10H2. The fourth-order valence-electron chi connectivity index (χ4n) is 1.97. The highest BCUT2D eigenvalue weighted by atomic mass is 35.5. The van der Waals surface area contributed by atoms with Gasteiger partial charge < -0.3 is 0 Å². The van der Waals surface area contributed by atoms with E-state index in [0.29, 0.717) is 5.88 Å². The summed E-state index contributed by atoms with van der Waals surface area (Å²) >= 11 is 5.67. The van der Waals surface area contributed by atoms with Gasteiger partial charge in [-0.05, 0) is 18.2 Å². The summed E-state index contributed by atoms with van der Waals surface area (Å²) in [5, 5.41) is 0. The maximum Gasteiger partial charge on any atom is 0.0966 e. The molecule has 0 saturated carbocycles. The molecular formula is C15H11ClN2. The van der Waals surface area contributed by atoms with Crippen LogP contribution in [0.25, 0.3) is 28.1 Å². The molecular weight excluding hydrogens is 244 g/mol. The zero-order valence-corrected chi connectivity index (χ0v) is 10.4. The van der Waals surface area contributed by atoms with Crippen molar-refractivity contribution in [1.82, 2.24) is 9.97 Å². The molecule has 1 aromatic heterocycles. The lowest BCUT2D eigenvalue weighted by molar-refractivity contribution is 1.39. The van der Waals surface area contributed by atoms with E-state index in [-0.39, 0.29) is 0 Å². The van der Waals surface area contributed by atoms with Gasteiger partial charge in [-0.1, -0.05) is 36.4 Å². The van der Waals surface area contributed by atoms with E-state index < -0.39 is 0 Å². The van der Waals surface area contributed by atoms with Crippen molar-refractivity contribution in [3.63, 3.8) is 0 Å². The molecule has 0 saturated heterocycles. The molecule has 3 heteroatoms. The lowest BCUT2D eigenvalue weighted by Crippen LogP contribution is -1.89. The Hall–Kier alpha value is -1.93. The van der Waals surface area contributed by atoms with E-state index in [9.17, 15) is 0 Å². The molecule has 0 bridgehead atoms. The lowest BCUT2D eigenvalue weighted by Gasteiger charge is -2.03. The van der Waals surface area contributed by atoms with Gasteiger partial charge in [-0.2, -0.15) is 0 Å². The minimum Gasteiger partial charge on any atom is -0.244 e. The van der Waals surface area contributed by atoms with E-state index in [1.165, 1.54) is 0 Å². The molecule has 0 radical (unpaired) electrons. The van der Waals surface area contributed by atoms with Gasteiger partial charge >= 0.3 is 0 Å². The number of rotatable bonds is 2. The monoisotopic (exact) mass is 254 g/mol. The van der Waals surface area contributed by atoms with Crippen molar-refractivity contribution in [3.8, 4) is 0 Å². The van der Waals surface area contributed by atoms with Gasteiger partial charge in [-0.25, -0.2) is 9.97 Å². The molecule has 0 unspecified atom stereocenters. The Morgan fingerprint density at radius 3 is 2.39 bits per heavy atom. The van der Waals surface area contributed by atoms with Crippen molar-refractivity contribution in [2.45, 2.75) is 0 Å². The first-order valence-corrected chi connectivity index (χ1v) is 6.30. The van der Waals surface area contributed by atoms with E-state index in [2.05, 4.69) is 9.97 Å². The number of halogens is 1. The third-order valence-electron chi connectivity index (χ3n) is 2.79. The first-order valence-electron chi connectivity index (χ1n) is 5.76. The van der Waals surface area contributed by atoms with Crippen molar-refractivity contribution < 1.29 is 0 Å². The van der Waals surface area contributed by atoms with Gasteiger partial charge in [-0.3, -0.25) is 0 Å². The zero-order valence-electron chi connectivity index (χ0n) is 9.68. The summed E-state index contributed by atoms with van der Waals surface area (Å²) < 4.78 is 0. The summed E-state index contributed by atoms with van der Waals surface area (Å²) in [7, 11) is 0. The van der Waals surface area contributed by atoms with E-state index >= 15 is 0 Å². The third-order valence-corrected chi connectivity index (χ3v) is 2.97. The van der Waals surface area contributed by atoms with E-state index in [1.807, 2.05) is 54.6 Å². The van der Waals surface area contributed by atoms with Crippen LogP contribution in [0.4, 0.5) is 0 Å². The van der Waals surface area contributed by atoms with Gasteiger partial charge in [0.15, 0.2) is 0 Å². The molecule has 0 fully saturated rings. The fraction of sp³-hybridized carbons (Fsp3) is 0.0667. The Labute approximate surface area is 110 Å². The van der Waals surface area contributed by atoms with Crippen LogP contribution in [0, 0.1) is 0 Å². The Morgan fingerprint density at radius 2 is 1.61 bits per heavy atom. The Bertz CT molecular complexity index is 735. The second-order valence-corrected chi connectivity index (χ2v) is 4.29. The van der Waals surface area contributed by atoms with Crippen molar-refractivity contribution >= 4 is 39.7 Å². The summed E-state index contributed by atoms with van der Waals surface area (Å²) in [6.45, 7) is 0. The molecule has 2 aromatic carbocycles. The predicted octanol–water partition coefficient (Wildman–Crippen LogP) is 4.04. The van der Waals surface area contributed by atoms with Gasteiger partial charge in [0.1, 0.15) is 0 Å². The number of hydrogen-bond donors (Lipinski definition) is 0. The first kappa shape index (κ1) is 11.2. The van der Waals surface area contributed by atoms with Crippen molar-refractivity contribution in [3.05, 3.63) is 54.1 Å². The second kappa shape index (κ2) is 4.75. The highest BCUT2D eigenvalue weighted by Crippen LogP contribution is 2.20. The molecule has 0 spiro atoms. The molecule has 3 aromatic rings. The highest BCUT2D eigenvalue weighted by Gasteiger charge is 2.03.